The van der Waals surface area contributed by atoms with Gasteiger partial charge in [0.25, 0.3) is 0 Å². The molecule has 0 aromatic carbocycles. The van der Waals surface area contributed by atoms with Gasteiger partial charge in [-0.25, -0.2) is 0 Å². The molecule has 0 atom stereocenters. The van der Waals surface area contributed by atoms with Crippen LogP contribution in [-0.2, 0) is 0 Å². The number of nitrogens with one attached hydrogen (secondary N) is 1. The molecule has 0 unspecified atom stereocenters. The third-order valence-electron chi connectivity index (χ3n) is 1.49. The summed E-state index contributed by atoms with van der Waals surface area (Å²) in [4.78, 5) is 0. The Bertz CT molecular complexity index is 74.5. The SMILES string of the molecule is CS1(N)CCNCC1. The molecule has 0 aliphatic carbocycles. The lowest BCUT2D eigenvalue weighted by Gasteiger charge is -2.35. The molecule has 0 bridgehead atoms. The van der Waals surface area contributed by atoms with Crippen molar-refractivity contribution >= 4 is 10.2 Å². The van der Waals surface area contributed by atoms with Gasteiger partial charge < -0.3 is 5.32 Å². The number of rotatable bonds is 0. The highest BCUT2D eigenvalue weighted by Crippen LogP contribution is 2.34. The zero-order valence-corrected chi connectivity index (χ0v) is 6.13. The van der Waals surface area contributed by atoms with E-state index in [0.29, 0.717) is 0 Å². The predicted molar refractivity (Wildman–Crippen MR) is 40.3 cm³/mol. The largest absolute Gasteiger partial charge is 0.315 e. The maximum absolute atomic E-state index is 5.92. The molecule has 0 aromatic heterocycles. The maximum Gasteiger partial charge on any atom is 0.00390 e. The molecule has 2 nitrogen and oxygen atoms in total. The van der Waals surface area contributed by atoms with E-state index >= 15 is 0 Å². The van der Waals surface area contributed by atoms with Gasteiger partial charge in [-0.1, -0.05) is 0 Å². The van der Waals surface area contributed by atoms with Crippen molar-refractivity contribution in [3.63, 3.8) is 0 Å². The minimum Gasteiger partial charge on any atom is -0.315 e. The van der Waals surface area contributed by atoms with Crippen LogP contribution in [0.25, 0.3) is 0 Å². The maximum atomic E-state index is 5.92. The van der Waals surface area contributed by atoms with Crippen LogP contribution in [-0.4, -0.2) is 30.9 Å². The van der Waals surface area contributed by atoms with Crippen molar-refractivity contribution in [3.05, 3.63) is 0 Å². The van der Waals surface area contributed by atoms with E-state index in [1.807, 2.05) is 0 Å². The average molecular weight is 134 g/mol. The van der Waals surface area contributed by atoms with Gasteiger partial charge in [0.1, 0.15) is 0 Å². The summed E-state index contributed by atoms with van der Waals surface area (Å²) in [6, 6.07) is 0. The molecule has 0 amide bonds. The Morgan fingerprint density at radius 3 is 2.12 bits per heavy atom. The monoisotopic (exact) mass is 134 g/mol. The summed E-state index contributed by atoms with van der Waals surface area (Å²) < 4.78 is 0. The van der Waals surface area contributed by atoms with Crippen LogP contribution in [0, 0.1) is 0 Å². The minimum absolute atomic E-state index is 0.645. The molecule has 0 aromatic rings. The standard InChI is InChI=1S/C5H14N2S/c1-8(6)4-2-7-3-5-8/h7H,2-6H2,1H3. The van der Waals surface area contributed by atoms with Gasteiger partial charge in [-0.05, 0) is 6.26 Å². The lowest BCUT2D eigenvalue weighted by Crippen LogP contribution is -2.36. The van der Waals surface area contributed by atoms with Crippen LogP contribution in [0.2, 0.25) is 0 Å². The fourth-order valence-electron chi connectivity index (χ4n) is 0.838. The molecule has 1 saturated heterocycles. The molecule has 0 saturated carbocycles. The second-order valence-corrected chi connectivity index (χ2v) is 6.03. The smallest absolute Gasteiger partial charge is 0.00390 e. The minimum atomic E-state index is -0.645. The van der Waals surface area contributed by atoms with Crippen LogP contribution in [0.15, 0.2) is 0 Å². The first kappa shape index (κ1) is 6.39. The summed E-state index contributed by atoms with van der Waals surface area (Å²) in [5.74, 6) is 2.40. The highest BCUT2D eigenvalue weighted by Gasteiger charge is 2.14. The van der Waals surface area contributed by atoms with Gasteiger partial charge in [0.05, 0.1) is 0 Å². The molecule has 1 heterocycles. The van der Waals surface area contributed by atoms with Gasteiger partial charge in [-0.3, -0.25) is 5.14 Å². The summed E-state index contributed by atoms with van der Waals surface area (Å²) in [6.45, 7) is 2.25. The lowest BCUT2D eigenvalue weighted by atomic mass is 10.6. The Labute approximate surface area is 52.3 Å². The molecule has 0 spiro atoms. The third-order valence-corrected chi connectivity index (χ3v) is 3.76. The van der Waals surface area contributed by atoms with Crippen LogP contribution in [0.1, 0.15) is 0 Å². The van der Waals surface area contributed by atoms with Gasteiger partial charge in [0.15, 0.2) is 0 Å². The van der Waals surface area contributed by atoms with Crippen molar-refractivity contribution in [3.8, 4) is 0 Å². The Morgan fingerprint density at radius 1 is 1.38 bits per heavy atom. The molecule has 1 fully saturated rings. The second kappa shape index (κ2) is 2.25. The molecule has 3 heteroatoms. The third kappa shape index (κ3) is 1.65. The zero-order chi connectivity index (χ0) is 6.04. The molecule has 3 N–H and O–H groups in total. The Morgan fingerprint density at radius 2 is 1.88 bits per heavy atom. The van der Waals surface area contributed by atoms with E-state index in [-0.39, 0.29) is 0 Å². The fraction of sp³-hybridized carbons (Fsp3) is 1.00. The van der Waals surface area contributed by atoms with Gasteiger partial charge in [0, 0.05) is 24.6 Å². The lowest BCUT2D eigenvalue weighted by molar-refractivity contribution is 0.747. The highest BCUT2D eigenvalue weighted by molar-refractivity contribution is 8.31. The summed E-state index contributed by atoms with van der Waals surface area (Å²) in [5.41, 5.74) is 0. The zero-order valence-electron chi connectivity index (χ0n) is 5.31. The Kier molecular flexibility index (Phi) is 1.80. The Balaban J connectivity index is 2.33. The average Bonchev–Trinajstić information content (AvgIpc) is 1.65. The molecule has 1 rings (SSSR count). The molecule has 1 aliphatic rings. The van der Waals surface area contributed by atoms with Crippen molar-refractivity contribution < 1.29 is 0 Å². The predicted octanol–water partition coefficient (Wildman–Crippen LogP) is -0.102. The van der Waals surface area contributed by atoms with Gasteiger partial charge in [0.2, 0.25) is 0 Å². The van der Waals surface area contributed by atoms with Crippen molar-refractivity contribution in [2.24, 2.45) is 5.14 Å². The van der Waals surface area contributed by atoms with E-state index in [2.05, 4.69) is 11.6 Å². The molecule has 1 aliphatic heterocycles. The summed E-state index contributed by atoms with van der Waals surface area (Å²) in [6.07, 6.45) is 2.20. The van der Waals surface area contributed by atoms with Crippen molar-refractivity contribution in [1.82, 2.24) is 5.32 Å². The topological polar surface area (TPSA) is 38.0 Å². The van der Waals surface area contributed by atoms with Crippen LogP contribution >= 0.6 is 10.2 Å². The van der Waals surface area contributed by atoms with E-state index in [4.69, 9.17) is 5.14 Å². The molecular formula is C5H14N2S. The van der Waals surface area contributed by atoms with E-state index in [1.165, 1.54) is 11.5 Å². The van der Waals surface area contributed by atoms with Crippen LogP contribution in [0.4, 0.5) is 0 Å². The van der Waals surface area contributed by atoms with E-state index in [1.54, 1.807) is 0 Å². The molecule has 50 valence electrons. The normalized spacial score (nSPS) is 31.8. The van der Waals surface area contributed by atoms with E-state index in [0.717, 1.165) is 13.1 Å². The number of hydrogen-bond donors (Lipinski definition) is 2. The first-order valence-electron chi connectivity index (χ1n) is 2.93. The Hall–Kier alpha value is 0.270. The first-order chi connectivity index (χ1) is 3.71. The van der Waals surface area contributed by atoms with Crippen LogP contribution in [0.5, 0.6) is 0 Å². The quantitative estimate of drug-likeness (QED) is 0.485. The molecular weight excluding hydrogens is 120 g/mol. The fourth-order valence-corrected chi connectivity index (χ4v) is 2.26. The number of hydrogen-bond acceptors (Lipinski definition) is 2. The summed E-state index contributed by atoms with van der Waals surface area (Å²) in [7, 11) is -0.645. The van der Waals surface area contributed by atoms with Crippen LogP contribution < -0.4 is 10.5 Å². The van der Waals surface area contributed by atoms with Crippen molar-refractivity contribution in [2.45, 2.75) is 0 Å². The summed E-state index contributed by atoms with van der Waals surface area (Å²) >= 11 is 0. The molecule has 8 heavy (non-hydrogen) atoms. The number of nitrogens with two attached hydrogens (primary N) is 1. The first-order valence-corrected chi connectivity index (χ1v) is 5.37. The van der Waals surface area contributed by atoms with Gasteiger partial charge >= 0.3 is 0 Å². The highest BCUT2D eigenvalue weighted by atomic mass is 32.3. The summed E-state index contributed by atoms with van der Waals surface area (Å²) in [5, 5.41) is 9.20. The van der Waals surface area contributed by atoms with Gasteiger partial charge in [-0.2, -0.15) is 10.2 Å². The van der Waals surface area contributed by atoms with E-state index < -0.39 is 10.2 Å². The van der Waals surface area contributed by atoms with Crippen molar-refractivity contribution in [2.75, 3.05) is 30.9 Å². The van der Waals surface area contributed by atoms with Crippen molar-refractivity contribution in [1.29, 1.82) is 0 Å². The molecule has 0 radical (unpaired) electrons. The second-order valence-electron chi connectivity index (χ2n) is 2.51. The van der Waals surface area contributed by atoms with Gasteiger partial charge in [-0.15, -0.1) is 0 Å². The van der Waals surface area contributed by atoms with Crippen LogP contribution in [0.3, 0.4) is 0 Å². The van der Waals surface area contributed by atoms with E-state index in [9.17, 15) is 0 Å².